The van der Waals surface area contributed by atoms with E-state index in [1.807, 2.05) is 0 Å². The van der Waals surface area contributed by atoms with E-state index in [1.54, 1.807) is 13.0 Å². The molecule has 0 radical (unpaired) electrons. The van der Waals surface area contributed by atoms with E-state index in [0.717, 1.165) is 17.8 Å². The minimum atomic E-state index is -0.843. The highest BCUT2D eigenvalue weighted by Crippen LogP contribution is 2.57. The van der Waals surface area contributed by atoms with Crippen molar-refractivity contribution in [2.24, 2.45) is 17.8 Å². The third-order valence-corrected chi connectivity index (χ3v) is 5.10. The molecule has 0 saturated heterocycles. The number of carboxylic acid groups (broad SMARTS) is 1. The molecular formula is C15H22O3. The first-order valence-electron chi connectivity index (χ1n) is 7.10. The standard InChI is InChI=1S/C15H22O3/c1-10(14(16)17)2-3-18-15-7-11-4-12(8-15)6-13(5-11)9-15/h2,11-13H,3-9H2,1H3,(H,16,17). The number of carboxylic acids is 1. The fourth-order valence-corrected chi connectivity index (χ4v) is 4.64. The summed E-state index contributed by atoms with van der Waals surface area (Å²) in [5.41, 5.74) is 0.476. The average molecular weight is 250 g/mol. The van der Waals surface area contributed by atoms with Crippen LogP contribution in [0.3, 0.4) is 0 Å². The van der Waals surface area contributed by atoms with Crippen LogP contribution in [0.4, 0.5) is 0 Å². The van der Waals surface area contributed by atoms with E-state index in [2.05, 4.69) is 0 Å². The number of hydrogen-bond donors (Lipinski definition) is 1. The highest BCUT2D eigenvalue weighted by atomic mass is 16.5. The van der Waals surface area contributed by atoms with Crippen molar-refractivity contribution in [1.29, 1.82) is 0 Å². The van der Waals surface area contributed by atoms with E-state index < -0.39 is 5.97 Å². The molecule has 4 rings (SSSR count). The summed E-state index contributed by atoms with van der Waals surface area (Å²) in [6.07, 6.45) is 9.56. The second-order valence-electron chi connectivity index (χ2n) is 6.60. The fourth-order valence-electron chi connectivity index (χ4n) is 4.64. The Kier molecular flexibility index (Phi) is 2.97. The number of rotatable bonds is 4. The molecule has 4 aliphatic carbocycles. The van der Waals surface area contributed by atoms with E-state index in [4.69, 9.17) is 9.84 Å². The van der Waals surface area contributed by atoms with Gasteiger partial charge < -0.3 is 9.84 Å². The minimum absolute atomic E-state index is 0.0873. The average Bonchev–Trinajstić information content (AvgIpc) is 2.26. The zero-order chi connectivity index (χ0) is 12.8. The van der Waals surface area contributed by atoms with Crippen LogP contribution >= 0.6 is 0 Å². The molecule has 0 aromatic heterocycles. The van der Waals surface area contributed by atoms with Gasteiger partial charge in [0.15, 0.2) is 0 Å². The summed E-state index contributed by atoms with van der Waals surface area (Å²) in [5.74, 6) is 1.78. The molecule has 4 aliphatic rings. The van der Waals surface area contributed by atoms with Crippen LogP contribution in [0.5, 0.6) is 0 Å². The molecule has 3 nitrogen and oxygen atoms in total. The first-order chi connectivity index (χ1) is 8.56. The van der Waals surface area contributed by atoms with Crippen LogP contribution in [0.2, 0.25) is 0 Å². The Hall–Kier alpha value is -0.830. The van der Waals surface area contributed by atoms with Crippen molar-refractivity contribution < 1.29 is 14.6 Å². The third kappa shape index (κ3) is 2.20. The van der Waals surface area contributed by atoms with Crippen molar-refractivity contribution in [2.75, 3.05) is 6.61 Å². The molecule has 0 amide bonds. The maximum Gasteiger partial charge on any atom is 0.331 e. The summed E-state index contributed by atoms with van der Waals surface area (Å²) < 4.78 is 6.12. The Morgan fingerprint density at radius 3 is 2.17 bits per heavy atom. The topological polar surface area (TPSA) is 46.5 Å². The van der Waals surface area contributed by atoms with Crippen molar-refractivity contribution in [1.82, 2.24) is 0 Å². The van der Waals surface area contributed by atoms with Gasteiger partial charge in [-0.05, 0) is 69.3 Å². The summed E-state index contributed by atoms with van der Waals surface area (Å²) in [5, 5.41) is 8.82. The van der Waals surface area contributed by atoms with Crippen LogP contribution in [0.1, 0.15) is 45.4 Å². The summed E-state index contributed by atoms with van der Waals surface area (Å²) in [6, 6.07) is 0. The maximum absolute atomic E-state index is 10.7. The smallest absolute Gasteiger partial charge is 0.331 e. The SMILES string of the molecule is CC(=CCOC12CC3CC(CC(C3)C1)C2)C(=O)O. The monoisotopic (exact) mass is 250 g/mol. The Labute approximate surface area is 108 Å². The molecule has 0 unspecified atom stereocenters. The fraction of sp³-hybridized carbons (Fsp3) is 0.800. The lowest BCUT2D eigenvalue weighted by molar-refractivity contribution is -0.155. The van der Waals surface area contributed by atoms with Crippen molar-refractivity contribution in [2.45, 2.75) is 51.0 Å². The molecule has 1 N–H and O–H groups in total. The molecule has 0 aliphatic heterocycles. The van der Waals surface area contributed by atoms with E-state index in [-0.39, 0.29) is 5.60 Å². The first kappa shape index (κ1) is 12.2. The van der Waals surface area contributed by atoms with Gasteiger partial charge in [0.25, 0.3) is 0 Å². The van der Waals surface area contributed by atoms with Crippen LogP contribution < -0.4 is 0 Å². The molecule has 0 aromatic rings. The van der Waals surface area contributed by atoms with Gasteiger partial charge in [0, 0.05) is 5.57 Å². The molecular weight excluding hydrogens is 228 g/mol. The number of aliphatic carboxylic acids is 1. The maximum atomic E-state index is 10.7. The molecule has 3 heteroatoms. The predicted molar refractivity (Wildman–Crippen MR) is 68.2 cm³/mol. The lowest BCUT2D eigenvalue weighted by Crippen LogP contribution is -2.52. The summed E-state index contributed by atoms with van der Waals surface area (Å²) in [4.78, 5) is 10.7. The number of ether oxygens (including phenoxy) is 1. The largest absolute Gasteiger partial charge is 0.478 e. The highest BCUT2D eigenvalue weighted by Gasteiger charge is 2.51. The van der Waals surface area contributed by atoms with Gasteiger partial charge in [-0.15, -0.1) is 0 Å². The Bertz CT molecular complexity index is 348. The van der Waals surface area contributed by atoms with E-state index in [9.17, 15) is 4.79 Å². The van der Waals surface area contributed by atoms with Gasteiger partial charge in [0.2, 0.25) is 0 Å². The van der Waals surface area contributed by atoms with Crippen LogP contribution in [0.25, 0.3) is 0 Å². The molecule has 4 fully saturated rings. The lowest BCUT2D eigenvalue weighted by atomic mass is 9.54. The first-order valence-corrected chi connectivity index (χ1v) is 7.10. The van der Waals surface area contributed by atoms with Crippen LogP contribution in [0.15, 0.2) is 11.6 Å². The second-order valence-corrected chi connectivity index (χ2v) is 6.60. The lowest BCUT2D eigenvalue weighted by Gasteiger charge is -2.56. The second kappa shape index (κ2) is 4.37. The Morgan fingerprint density at radius 1 is 1.22 bits per heavy atom. The molecule has 0 atom stereocenters. The summed E-state index contributed by atoms with van der Waals surface area (Å²) in [7, 11) is 0. The van der Waals surface area contributed by atoms with Crippen LogP contribution in [-0.2, 0) is 9.53 Å². The molecule has 0 heterocycles. The van der Waals surface area contributed by atoms with Gasteiger partial charge in [-0.2, -0.15) is 0 Å². The number of hydrogen-bond acceptors (Lipinski definition) is 2. The number of carbonyl (C=O) groups is 1. The van der Waals surface area contributed by atoms with E-state index in [1.165, 1.54) is 38.5 Å². The highest BCUT2D eigenvalue weighted by molar-refractivity contribution is 5.85. The van der Waals surface area contributed by atoms with Crippen molar-refractivity contribution >= 4 is 5.97 Å². The zero-order valence-electron chi connectivity index (χ0n) is 11.0. The summed E-state index contributed by atoms with van der Waals surface area (Å²) in [6.45, 7) is 2.09. The van der Waals surface area contributed by atoms with E-state index >= 15 is 0 Å². The van der Waals surface area contributed by atoms with Crippen molar-refractivity contribution in [3.63, 3.8) is 0 Å². The molecule has 18 heavy (non-hydrogen) atoms. The quantitative estimate of drug-likeness (QED) is 0.780. The van der Waals surface area contributed by atoms with Gasteiger partial charge in [-0.1, -0.05) is 0 Å². The Morgan fingerprint density at radius 2 is 1.72 bits per heavy atom. The minimum Gasteiger partial charge on any atom is -0.478 e. The van der Waals surface area contributed by atoms with Gasteiger partial charge in [-0.3, -0.25) is 0 Å². The molecule has 0 aromatic carbocycles. The molecule has 4 saturated carbocycles. The van der Waals surface area contributed by atoms with Gasteiger partial charge in [-0.25, -0.2) is 4.79 Å². The molecule has 4 bridgehead atoms. The molecule has 0 spiro atoms. The predicted octanol–water partition coefficient (Wildman–Crippen LogP) is 3.00. The van der Waals surface area contributed by atoms with Crippen molar-refractivity contribution in [3.05, 3.63) is 11.6 Å². The van der Waals surface area contributed by atoms with Gasteiger partial charge >= 0.3 is 5.97 Å². The van der Waals surface area contributed by atoms with Gasteiger partial charge in [0.1, 0.15) is 0 Å². The third-order valence-electron chi connectivity index (χ3n) is 5.10. The summed E-state index contributed by atoms with van der Waals surface area (Å²) >= 11 is 0. The molecule has 100 valence electrons. The zero-order valence-corrected chi connectivity index (χ0v) is 11.0. The van der Waals surface area contributed by atoms with Crippen molar-refractivity contribution in [3.8, 4) is 0 Å². The van der Waals surface area contributed by atoms with Crippen LogP contribution in [0, 0.1) is 17.8 Å². The van der Waals surface area contributed by atoms with Crippen LogP contribution in [-0.4, -0.2) is 23.3 Å². The van der Waals surface area contributed by atoms with Gasteiger partial charge in [0.05, 0.1) is 12.2 Å². The van der Waals surface area contributed by atoms with E-state index in [0.29, 0.717) is 12.2 Å². The Balaban J connectivity index is 1.62. The normalized spacial score (nSPS) is 42.3.